The first-order valence-electron chi connectivity index (χ1n) is 10.0. The van der Waals surface area contributed by atoms with Crippen LogP contribution in [-0.4, -0.2) is 10.5 Å². The van der Waals surface area contributed by atoms with E-state index in [2.05, 4.69) is 5.32 Å². The highest BCUT2D eigenvalue weighted by atomic mass is 32.1. The molecule has 0 unspecified atom stereocenters. The Morgan fingerprint density at radius 1 is 1.03 bits per heavy atom. The fourth-order valence-corrected chi connectivity index (χ4v) is 4.27. The van der Waals surface area contributed by atoms with Crippen LogP contribution in [-0.2, 0) is 13.2 Å². The van der Waals surface area contributed by atoms with Crippen LogP contribution in [0.1, 0.15) is 26.4 Å². The average molecular weight is 449 g/mol. The molecule has 0 aliphatic heterocycles. The number of pyridine rings is 1. The first-order chi connectivity index (χ1) is 15.5. The molecule has 0 aliphatic rings. The van der Waals surface area contributed by atoms with Gasteiger partial charge in [-0.1, -0.05) is 42.5 Å². The fourth-order valence-electron chi connectivity index (χ4n) is 3.19. The van der Waals surface area contributed by atoms with Gasteiger partial charge >= 0.3 is 0 Å². The summed E-state index contributed by atoms with van der Waals surface area (Å²) in [7, 11) is 0. The number of halogens is 1. The Morgan fingerprint density at radius 3 is 2.56 bits per heavy atom. The molecule has 2 heterocycles. The van der Waals surface area contributed by atoms with Gasteiger partial charge in [0.2, 0.25) is 0 Å². The highest BCUT2D eigenvalue weighted by Crippen LogP contribution is 2.25. The summed E-state index contributed by atoms with van der Waals surface area (Å²) in [5, 5.41) is 3.44. The maximum absolute atomic E-state index is 13.3. The van der Waals surface area contributed by atoms with Crippen LogP contribution in [0.3, 0.4) is 0 Å². The smallest absolute Gasteiger partial charge is 0.261 e. The number of aryl methyl sites for hydroxylation is 1. The molecular formula is C25H21FN2O3S. The minimum absolute atomic E-state index is 0.219. The minimum Gasteiger partial charge on any atom is -0.489 e. The molecule has 162 valence electrons. The Hall–Kier alpha value is -3.71. The van der Waals surface area contributed by atoms with E-state index < -0.39 is 0 Å². The van der Waals surface area contributed by atoms with Crippen molar-refractivity contribution < 1.29 is 13.9 Å². The van der Waals surface area contributed by atoms with Crippen LogP contribution >= 0.6 is 11.3 Å². The van der Waals surface area contributed by atoms with Crippen molar-refractivity contribution in [1.82, 2.24) is 9.88 Å². The van der Waals surface area contributed by atoms with E-state index in [4.69, 9.17) is 4.74 Å². The number of ether oxygens (including phenoxy) is 1. The van der Waals surface area contributed by atoms with E-state index in [1.807, 2.05) is 37.3 Å². The van der Waals surface area contributed by atoms with Gasteiger partial charge in [-0.3, -0.25) is 14.2 Å². The second-order valence-corrected chi connectivity index (χ2v) is 8.28. The summed E-state index contributed by atoms with van der Waals surface area (Å²) in [5.41, 5.74) is 2.20. The zero-order chi connectivity index (χ0) is 22.5. The topological polar surface area (TPSA) is 60.3 Å². The van der Waals surface area contributed by atoms with Gasteiger partial charge in [0.25, 0.3) is 11.5 Å². The van der Waals surface area contributed by atoms with E-state index >= 15 is 0 Å². The maximum Gasteiger partial charge on any atom is 0.261 e. The number of nitrogens with zero attached hydrogens (tertiary/aromatic N) is 1. The molecule has 5 nitrogen and oxygen atoms in total. The van der Waals surface area contributed by atoms with Crippen LogP contribution in [0, 0.1) is 12.7 Å². The molecular weight excluding hydrogens is 427 g/mol. The van der Waals surface area contributed by atoms with Crippen molar-refractivity contribution >= 4 is 17.2 Å². The number of thiophene rings is 1. The molecule has 7 heteroatoms. The van der Waals surface area contributed by atoms with Crippen molar-refractivity contribution in [1.29, 1.82) is 0 Å². The minimum atomic E-state index is -0.345. The highest BCUT2D eigenvalue weighted by Gasteiger charge is 2.15. The molecule has 0 aliphatic carbocycles. The third-order valence-electron chi connectivity index (χ3n) is 4.83. The second-order valence-electron chi connectivity index (χ2n) is 7.25. The van der Waals surface area contributed by atoms with Gasteiger partial charge in [0.1, 0.15) is 23.2 Å². The van der Waals surface area contributed by atoms with Crippen molar-refractivity contribution in [2.75, 3.05) is 0 Å². The predicted octanol–water partition coefficient (Wildman–Crippen LogP) is 4.86. The third kappa shape index (κ3) is 5.12. The number of hydrogen-bond donors (Lipinski definition) is 1. The number of hydrogen-bond acceptors (Lipinski definition) is 4. The third-order valence-corrected chi connectivity index (χ3v) is 6.07. The lowest BCUT2D eigenvalue weighted by Gasteiger charge is -2.08. The Bertz CT molecular complexity index is 1300. The molecule has 0 spiro atoms. The van der Waals surface area contributed by atoms with Crippen LogP contribution in [0.15, 0.2) is 83.8 Å². The lowest BCUT2D eigenvalue weighted by molar-refractivity contribution is 0.0954. The molecule has 4 rings (SSSR count). The summed E-state index contributed by atoms with van der Waals surface area (Å²) >= 11 is 1.23. The molecule has 0 radical (unpaired) electrons. The highest BCUT2D eigenvalue weighted by molar-refractivity contribution is 7.16. The number of nitrogens with one attached hydrogen (secondary N) is 1. The fraction of sp³-hybridized carbons (Fsp3) is 0.120. The standard InChI is InChI=1S/C25H21FN2O3S/c1-17-12-23(32-24(17)25(30)27-15-19-8-5-9-20(26)13-19)28-11-10-21(14-22(28)29)31-16-18-6-3-2-4-7-18/h2-14H,15-16H2,1H3,(H,27,30). The number of benzene rings is 2. The van der Waals surface area contributed by atoms with E-state index in [9.17, 15) is 14.0 Å². The van der Waals surface area contributed by atoms with Crippen molar-refractivity contribution in [3.05, 3.63) is 117 Å². The molecule has 0 saturated carbocycles. The lowest BCUT2D eigenvalue weighted by Crippen LogP contribution is -2.22. The molecule has 0 bridgehead atoms. The SMILES string of the molecule is Cc1cc(-n2ccc(OCc3ccccc3)cc2=O)sc1C(=O)NCc1cccc(F)c1. The molecule has 0 saturated heterocycles. The van der Waals surface area contributed by atoms with Crippen LogP contribution in [0.2, 0.25) is 0 Å². The summed E-state index contributed by atoms with van der Waals surface area (Å²) in [4.78, 5) is 25.8. The van der Waals surface area contributed by atoms with Crippen molar-refractivity contribution in [3.63, 3.8) is 0 Å². The van der Waals surface area contributed by atoms with E-state index in [0.717, 1.165) is 11.1 Å². The summed E-state index contributed by atoms with van der Waals surface area (Å²) in [6.07, 6.45) is 1.64. The quantitative estimate of drug-likeness (QED) is 0.439. The predicted molar refractivity (Wildman–Crippen MR) is 123 cm³/mol. The summed E-state index contributed by atoms with van der Waals surface area (Å²) in [5.74, 6) is -0.128. The van der Waals surface area contributed by atoms with E-state index in [0.29, 0.717) is 27.8 Å². The average Bonchev–Trinajstić information content (AvgIpc) is 3.18. The van der Waals surface area contributed by atoms with Gasteiger partial charge in [-0.05, 0) is 47.9 Å². The number of aromatic nitrogens is 1. The number of carbonyl (C=O) groups is 1. The van der Waals surface area contributed by atoms with E-state index in [1.54, 1.807) is 30.5 Å². The van der Waals surface area contributed by atoms with Crippen LogP contribution in [0.25, 0.3) is 5.00 Å². The summed E-state index contributed by atoms with van der Waals surface area (Å²) < 4.78 is 20.5. The Labute approximate surface area is 188 Å². The van der Waals surface area contributed by atoms with Gasteiger partial charge in [-0.2, -0.15) is 0 Å². The lowest BCUT2D eigenvalue weighted by atomic mass is 10.2. The molecule has 0 atom stereocenters. The van der Waals surface area contributed by atoms with Crippen LogP contribution in [0.5, 0.6) is 5.75 Å². The summed E-state index contributed by atoms with van der Waals surface area (Å²) in [6, 6.07) is 20.8. The Morgan fingerprint density at radius 2 is 1.81 bits per heavy atom. The van der Waals surface area contributed by atoms with Gasteiger partial charge < -0.3 is 10.1 Å². The molecule has 32 heavy (non-hydrogen) atoms. The van der Waals surface area contributed by atoms with Crippen LogP contribution in [0.4, 0.5) is 4.39 Å². The van der Waals surface area contributed by atoms with Crippen molar-refractivity contribution in [2.24, 2.45) is 0 Å². The zero-order valence-electron chi connectivity index (χ0n) is 17.4. The normalized spacial score (nSPS) is 10.7. The van der Waals surface area contributed by atoms with E-state index in [1.165, 1.54) is 34.1 Å². The Kier molecular flexibility index (Phi) is 6.47. The largest absolute Gasteiger partial charge is 0.489 e. The number of amides is 1. The monoisotopic (exact) mass is 448 g/mol. The van der Waals surface area contributed by atoms with Gasteiger partial charge in [-0.25, -0.2) is 4.39 Å². The maximum atomic E-state index is 13.3. The summed E-state index contributed by atoms with van der Waals surface area (Å²) in [6.45, 7) is 2.41. The van der Waals surface area contributed by atoms with Crippen molar-refractivity contribution in [2.45, 2.75) is 20.1 Å². The molecule has 1 amide bonds. The van der Waals surface area contributed by atoms with Gasteiger partial charge in [0, 0.05) is 18.8 Å². The Balaban J connectivity index is 1.45. The molecule has 2 aromatic heterocycles. The molecule has 2 aromatic carbocycles. The number of carbonyl (C=O) groups excluding carboxylic acids is 1. The molecule has 0 fully saturated rings. The van der Waals surface area contributed by atoms with Gasteiger partial charge in [0.15, 0.2) is 0 Å². The van der Waals surface area contributed by atoms with E-state index in [-0.39, 0.29) is 23.8 Å². The molecule has 4 aromatic rings. The second kappa shape index (κ2) is 9.62. The number of rotatable bonds is 7. The van der Waals surface area contributed by atoms with Crippen LogP contribution < -0.4 is 15.6 Å². The zero-order valence-corrected chi connectivity index (χ0v) is 18.2. The van der Waals surface area contributed by atoms with Crippen molar-refractivity contribution in [3.8, 4) is 10.8 Å². The van der Waals surface area contributed by atoms with Gasteiger partial charge in [0.05, 0.1) is 4.88 Å². The van der Waals surface area contributed by atoms with Gasteiger partial charge in [-0.15, -0.1) is 11.3 Å². The first kappa shape index (κ1) is 21.5. The first-order valence-corrected chi connectivity index (χ1v) is 10.8. The molecule has 1 N–H and O–H groups in total.